The minimum Gasteiger partial charge on any atom is -0.455 e. The van der Waals surface area contributed by atoms with Crippen LogP contribution in [0.25, 0.3) is 0 Å². The van der Waals surface area contributed by atoms with Crippen molar-refractivity contribution in [1.29, 1.82) is 0 Å². The average Bonchev–Trinajstić information content (AvgIpc) is 2.98. The van der Waals surface area contributed by atoms with Gasteiger partial charge >= 0.3 is 12.1 Å². The van der Waals surface area contributed by atoms with Crippen LogP contribution in [-0.4, -0.2) is 75.2 Å². The van der Waals surface area contributed by atoms with Gasteiger partial charge in [-0.25, -0.2) is 34.1 Å². The highest BCUT2D eigenvalue weighted by Crippen LogP contribution is 2.32. The number of nitrogens with one attached hydrogen (secondary N) is 1. The molecule has 2 aliphatic carbocycles. The molecule has 0 aliphatic heterocycles. The number of ketones is 1. The molecule has 46 heavy (non-hydrogen) atoms. The Kier molecular flexibility index (Phi) is 17.5. The Morgan fingerprint density at radius 1 is 0.739 bits per heavy atom. The van der Waals surface area contributed by atoms with Crippen molar-refractivity contribution in [3.05, 3.63) is 48.6 Å². The second-order valence-corrected chi connectivity index (χ2v) is 12.1. The SMILES string of the molecule is C=C(C)COOCC1CCC(OC(=O)C(=C)C)C(OC(=O)NCN=COOC2CC(CC(=O)C(=C)C)CCC2OOCC(=C)C)C1. The summed E-state index contributed by atoms with van der Waals surface area (Å²) >= 11 is 0. The number of nitrogens with zero attached hydrogens (tertiary/aromatic N) is 1. The fourth-order valence-corrected chi connectivity index (χ4v) is 4.81. The molecule has 2 fully saturated rings. The molecule has 13 heteroatoms. The van der Waals surface area contributed by atoms with Crippen LogP contribution < -0.4 is 5.32 Å². The van der Waals surface area contributed by atoms with Gasteiger partial charge in [-0.2, -0.15) is 4.89 Å². The summed E-state index contributed by atoms with van der Waals surface area (Å²) in [6.45, 7) is 22.4. The summed E-state index contributed by atoms with van der Waals surface area (Å²) in [6, 6.07) is 0. The lowest BCUT2D eigenvalue weighted by atomic mass is 9.82. The summed E-state index contributed by atoms with van der Waals surface area (Å²) in [5.74, 6) is -0.460. The Balaban J connectivity index is 1.85. The van der Waals surface area contributed by atoms with Crippen LogP contribution in [0.15, 0.2) is 53.6 Å². The lowest BCUT2D eigenvalue weighted by molar-refractivity contribution is -0.372. The van der Waals surface area contributed by atoms with Crippen molar-refractivity contribution >= 4 is 24.2 Å². The first-order valence-electron chi connectivity index (χ1n) is 15.5. The molecular weight excluding hydrogens is 600 g/mol. The predicted molar refractivity (Wildman–Crippen MR) is 169 cm³/mol. The molecule has 0 saturated heterocycles. The maximum absolute atomic E-state index is 12.6. The van der Waals surface area contributed by atoms with E-state index in [0.29, 0.717) is 44.1 Å². The van der Waals surface area contributed by atoms with Crippen molar-refractivity contribution < 1.29 is 53.2 Å². The van der Waals surface area contributed by atoms with Crippen molar-refractivity contribution in [2.45, 2.75) is 97.1 Å². The molecule has 0 aromatic heterocycles. The van der Waals surface area contributed by atoms with Crippen LogP contribution in [0.1, 0.15) is 72.6 Å². The van der Waals surface area contributed by atoms with Gasteiger partial charge < -0.3 is 19.7 Å². The smallest absolute Gasteiger partial charge is 0.409 e. The Morgan fingerprint density at radius 2 is 1.39 bits per heavy atom. The summed E-state index contributed by atoms with van der Waals surface area (Å²) in [6.07, 6.45) is 1.77. The predicted octanol–water partition coefficient (Wildman–Crippen LogP) is 5.42. The molecule has 0 radical (unpaired) electrons. The molecular formula is C33H50N2O11. The Labute approximate surface area is 271 Å². The van der Waals surface area contributed by atoms with E-state index in [4.69, 9.17) is 38.8 Å². The number of alkyl carbamates (subject to hydrolysis) is 1. The number of hydrogen-bond acceptors (Lipinski definition) is 12. The highest BCUT2D eigenvalue weighted by Gasteiger charge is 2.37. The minimum atomic E-state index is -0.750. The van der Waals surface area contributed by atoms with Crippen molar-refractivity contribution in [3.8, 4) is 0 Å². The van der Waals surface area contributed by atoms with E-state index >= 15 is 0 Å². The van der Waals surface area contributed by atoms with E-state index < -0.39 is 36.5 Å². The third-order valence-corrected chi connectivity index (χ3v) is 7.30. The van der Waals surface area contributed by atoms with Crippen molar-refractivity contribution in [2.75, 3.05) is 26.5 Å². The van der Waals surface area contributed by atoms with Crippen molar-refractivity contribution in [1.82, 2.24) is 5.32 Å². The van der Waals surface area contributed by atoms with Gasteiger partial charge in [-0.15, -0.1) is 0 Å². The van der Waals surface area contributed by atoms with Gasteiger partial charge in [0, 0.05) is 12.0 Å². The largest absolute Gasteiger partial charge is 0.455 e. The topological polar surface area (TPSA) is 149 Å². The molecule has 2 rings (SSSR count). The van der Waals surface area contributed by atoms with Gasteiger partial charge in [-0.1, -0.05) is 37.5 Å². The number of esters is 1. The van der Waals surface area contributed by atoms with Gasteiger partial charge in [-0.3, -0.25) is 4.79 Å². The second-order valence-electron chi connectivity index (χ2n) is 12.1. The lowest BCUT2D eigenvalue weighted by Crippen LogP contribution is -2.43. The zero-order valence-electron chi connectivity index (χ0n) is 27.6. The van der Waals surface area contributed by atoms with Crippen LogP contribution in [0.3, 0.4) is 0 Å². The normalized spacial score (nSPS) is 24.5. The monoisotopic (exact) mass is 650 g/mol. The molecule has 0 aromatic rings. The van der Waals surface area contributed by atoms with E-state index in [-0.39, 0.29) is 49.7 Å². The average molecular weight is 651 g/mol. The molecule has 0 bridgehead atoms. The molecule has 258 valence electrons. The highest BCUT2D eigenvalue weighted by atomic mass is 17.2. The molecule has 2 saturated carbocycles. The fraction of sp³-hybridized carbons (Fsp3) is 0.636. The van der Waals surface area contributed by atoms with Gasteiger partial charge in [0.15, 0.2) is 5.78 Å². The van der Waals surface area contributed by atoms with Gasteiger partial charge in [0.25, 0.3) is 0 Å². The summed E-state index contributed by atoms with van der Waals surface area (Å²) in [4.78, 5) is 72.9. The number of carbonyl (C=O) groups excluding carboxylic acids is 3. The number of rotatable bonds is 20. The van der Waals surface area contributed by atoms with E-state index in [1.165, 1.54) is 0 Å². The zero-order valence-corrected chi connectivity index (χ0v) is 27.6. The van der Waals surface area contributed by atoms with E-state index in [1.807, 2.05) is 13.8 Å². The van der Waals surface area contributed by atoms with Crippen LogP contribution >= 0.6 is 0 Å². The molecule has 0 heterocycles. The highest BCUT2D eigenvalue weighted by molar-refractivity contribution is 5.94. The number of amides is 1. The van der Waals surface area contributed by atoms with Gasteiger partial charge in [0.1, 0.15) is 44.3 Å². The lowest BCUT2D eigenvalue weighted by Gasteiger charge is -2.34. The first-order valence-corrected chi connectivity index (χ1v) is 15.5. The van der Waals surface area contributed by atoms with E-state index in [2.05, 4.69) is 36.6 Å². The van der Waals surface area contributed by atoms with Crippen LogP contribution in [0.5, 0.6) is 0 Å². The summed E-state index contributed by atoms with van der Waals surface area (Å²) in [7, 11) is 0. The number of Topliss-reactive ketones (excluding diaryl/α,β-unsaturated/α-hetero) is 1. The maximum Gasteiger partial charge on any atom is 0.409 e. The van der Waals surface area contributed by atoms with Crippen molar-refractivity contribution in [2.24, 2.45) is 16.8 Å². The third kappa shape index (κ3) is 15.3. The number of ether oxygens (including phenoxy) is 2. The first-order chi connectivity index (χ1) is 21.8. The van der Waals surface area contributed by atoms with Gasteiger partial charge in [0.2, 0.25) is 6.40 Å². The standard InChI is InChI=1S/C33H50N2O11/c1-21(2)16-39-40-18-26-10-11-28(43-32(37)24(7)8)30(15-26)44-33(38)35-19-34-20-42-46-31-14-25(13-27(36)23(5)6)9-12-29(31)45-41-17-22(3)4/h20,25-26,28-31H,1,3,5,7,9-19H2,2,4,6,8H3,(H,35,38). The molecule has 6 atom stereocenters. The van der Waals surface area contributed by atoms with E-state index in [0.717, 1.165) is 24.0 Å². The number of carbonyl (C=O) groups is 3. The van der Waals surface area contributed by atoms with E-state index in [9.17, 15) is 14.4 Å². The molecule has 0 spiro atoms. The van der Waals surface area contributed by atoms with Crippen LogP contribution in [0.4, 0.5) is 4.79 Å². The summed E-state index contributed by atoms with van der Waals surface area (Å²) in [5.41, 5.74) is 2.39. The maximum atomic E-state index is 12.6. The second kappa shape index (κ2) is 20.7. The Hall–Kier alpha value is -3.36. The number of hydrogen-bond donors (Lipinski definition) is 1. The van der Waals surface area contributed by atoms with Crippen LogP contribution in [0.2, 0.25) is 0 Å². The van der Waals surface area contributed by atoms with Gasteiger partial charge in [0.05, 0.1) is 6.61 Å². The molecule has 6 unspecified atom stereocenters. The molecule has 2 aliphatic rings. The molecule has 0 aromatic carbocycles. The number of aliphatic imine (C=N–C) groups is 1. The Morgan fingerprint density at radius 3 is 2.07 bits per heavy atom. The molecule has 1 amide bonds. The molecule has 1 N–H and O–H groups in total. The van der Waals surface area contributed by atoms with Gasteiger partial charge in [-0.05, 0) is 83.6 Å². The zero-order chi connectivity index (χ0) is 34.1. The quantitative estimate of drug-likeness (QED) is 0.0263. The fourth-order valence-electron chi connectivity index (χ4n) is 4.81. The first kappa shape index (κ1) is 38.8. The summed E-state index contributed by atoms with van der Waals surface area (Å²) in [5, 5.41) is 2.51. The number of allylic oxidation sites excluding steroid dienone is 1. The minimum absolute atomic E-state index is 0.00656. The van der Waals surface area contributed by atoms with Crippen LogP contribution in [-0.2, 0) is 48.4 Å². The Bertz CT molecular complexity index is 1110. The molecule has 13 nitrogen and oxygen atoms in total. The summed E-state index contributed by atoms with van der Waals surface area (Å²) < 4.78 is 11.1. The van der Waals surface area contributed by atoms with Crippen LogP contribution in [0, 0.1) is 11.8 Å². The van der Waals surface area contributed by atoms with Crippen molar-refractivity contribution in [3.63, 3.8) is 0 Å². The third-order valence-electron chi connectivity index (χ3n) is 7.30. The van der Waals surface area contributed by atoms with E-state index in [1.54, 1.807) is 13.8 Å².